The van der Waals surface area contributed by atoms with Crippen LogP contribution in [0.5, 0.6) is 5.75 Å². The number of halogens is 1. The minimum absolute atomic E-state index is 0.337. The zero-order valence-electron chi connectivity index (χ0n) is 21.8. The smallest absolute Gasteiger partial charge is 0.120 e. The van der Waals surface area contributed by atoms with Crippen LogP contribution in [0, 0.1) is 19.3 Å². The molecule has 0 bridgehead atoms. The molecule has 0 aliphatic rings. The Kier molecular flexibility index (Phi) is 15.8. The molecule has 0 aliphatic carbocycles. The molecule has 1 aromatic rings. The van der Waals surface area contributed by atoms with Crippen LogP contribution in [0.4, 0.5) is 5.69 Å². The van der Waals surface area contributed by atoms with Crippen molar-refractivity contribution in [2.45, 2.75) is 94.4 Å². The third-order valence-electron chi connectivity index (χ3n) is 4.00. The molecule has 1 rings (SSSR count). The second-order valence-electron chi connectivity index (χ2n) is 8.74. The molecule has 0 saturated carbocycles. The first-order valence-electron chi connectivity index (χ1n) is 11.4. The van der Waals surface area contributed by atoms with Gasteiger partial charge in [-0.1, -0.05) is 66.7 Å². The van der Waals surface area contributed by atoms with Gasteiger partial charge in [0, 0.05) is 12.2 Å². The maximum atomic E-state index is 6.32. The van der Waals surface area contributed by atoms with E-state index in [9.17, 15) is 0 Å². The summed E-state index contributed by atoms with van der Waals surface area (Å²) in [6, 6.07) is 4.21. The predicted molar refractivity (Wildman–Crippen MR) is 139 cm³/mol. The molecule has 0 radical (unpaired) electrons. The molecule has 0 spiro atoms. The van der Waals surface area contributed by atoms with Gasteiger partial charge >= 0.3 is 0 Å². The molecule has 0 fully saturated rings. The fourth-order valence-electron chi connectivity index (χ4n) is 2.81. The van der Waals surface area contributed by atoms with Gasteiger partial charge in [-0.05, 0) is 75.3 Å². The van der Waals surface area contributed by atoms with E-state index in [0.29, 0.717) is 12.0 Å². The van der Waals surface area contributed by atoms with Crippen LogP contribution in [0.15, 0.2) is 35.9 Å². The summed E-state index contributed by atoms with van der Waals surface area (Å²) in [5, 5.41) is 3.59. The van der Waals surface area contributed by atoms with Crippen molar-refractivity contribution in [2.24, 2.45) is 5.41 Å². The van der Waals surface area contributed by atoms with Gasteiger partial charge in [0.25, 0.3) is 0 Å². The van der Waals surface area contributed by atoms with Crippen molar-refractivity contribution in [3.05, 3.63) is 47.1 Å². The number of alkyl halides is 1. The van der Waals surface area contributed by atoms with E-state index >= 15 is 0 Å². The molecule has 174 valence electrons. The summed E-state index contributed by atoms with van der Waals surface area (Å²) < 4.78 is 6.04. The van der Waals surface area contributed by atoms with Crippen molar-refractivity contribution in [1.82, 2.24) is 0 Å². The highest BCUT2D eigenvalue weighted by molar-refractivity contribution is 6.24. The van der Waals surface area contributed by atoms with Crippen LogP contribution in [0.25, 0.3) is 0 Å². The lowest BCUT2D eigenvalue weighted by Gasteiger charge is -2.21. The molecule has 1 aromatic carbocycles. The Morgan fingerprint density at radius 2 is 1.50 bits per heavy atom. The van der Waals surface area contributed by atoms with Gasteiger partial charge in [-0.15, -0.1) is 11.6 Å². The number of nitrogens with one attached hydrogen (secondary N) is 1. The molecule has 0 atom stereocenters. The first-order valence-corrected chi connectivity index (χ1v) is 11.8. The van der Waals surface area contributed by atoms with Crippen LogP contribution in [0.1, 0.15) is 86.8 Å². The third kappa shape index (κ3) is 14.6. The summed E-state index contributed by atoms with van der Waals surface area (Å²) in [4.78, 5) is -0.384. The van der Waals surface area contributed by atoms with E-state index in [0.717, 1.165) is 24.3 Å². The first-order chi connectivity index (χ1) is 13.9. The lowest BCUT2D eigenvalue weighted by atomic mass is 9.92. The molecule has 0 heterocycles. The van der Waals surface area contributed by atoms with Crippen molar-refractivity contribution in [3.8, 4) is 5.75 Å². The number of rotatable bonds is 8. The molecule has 3 heteroatoms. The highest BCUT2D eigenvalue weighted by Crippen LogP contribution is 2.28. The summed E-state index contributed by atoms with van der Waals surface area (Å²) in [6.07, 6.45) is 7.23. The van der Waals surface area contributed by atoms with Gasteiger partial charge in [0.15, 0.2) is 0 Å². The lowest BCUT2D eigenvalue weighted by Crippen LogP contribution is -2.14. The summed E-state index contributed by atoms with van der Waals surface area (Å²) in [5.74, 6) is 0.893. The molecule has 2 nitrogen and oxygen atoms in total. The fourth-order valence-corrected chi connectivity index (χ4v) is 2.95. The second kappa shape index (κ2) is 15.4. The predicted octanol–water partition coefficient (Wildman–Crippen LogP) is 9.10. The Bertz CT molecular complexity index is 623. The Morgan fingerprint density at radius 3 is 1.90 bits per heavy atom. The highest BCUT2D eigenvalue weighted by atomic mass is 35.5. The van der Waals surface area contributed by atoms with Gasteiger partial charge < -0.3 is 10.1 Å². The monoisotopic (exact) mass is 437 g/mol. The molecule has 0 saturated heterocycles. The van der Waals surface area contributed by atoms with Crippen LogP contribution in [-0.2, 0) is 0 Å². The number of allylic oxidation sites excluding steroid dienone is 2. The summed E-state index contributed by atoms with van der Waals surface area (Å²) >= 11 is 6.32. The van der Waals surface area contributed by atoms with Crippen LogP contribution in [0.3, 0.4) is 0 Å². The molecule has 30 heavy (non-hydrogen) atoms. The molecule has 0 amide bonds. The zero-order chi connectivity index (χ0) is 24.0. The largest absolute Gasteiger partial charge is 0.489 e. The standard InChI is InChI=1S/C23H36ClNO.2C2H6/c1-9-10-19(15-23(7,8)24)16-26-20-13-17(2)21(18(3)14-20)25-12-11-22(4,5)6;2*1-2/h9-10,13-15,25H,11-12,16H2,1-8H3;2*1-2H3/b10-9-,19-15+;;. The lowest BCUT2D eigenvalue weighted by molar-refractivity contribution is 0.354. The topological polar surface area (TPSA) is 21.3 Å². The summed E-state index contributed by atoms with van der Waals surface area (Å²) in [7, 11) is 0. The summed E-state index contributed by atoms with van der Waals surface area (Å²) in [5.41, 5.74) is 5.05. The quantitative estimate of drug-likeness (QED) is 0.323. The van der Waals surface area contributed by atoms with Gasteiger partial charge in [-0.25, -0.2) is 0 Å². The maximum absolute atomic E-state index is 6.32. The van der Waals surface area contributed by atoms with E-state index in [1.54, 1.807) is 0 Å². The second-order valence-corrected chi connectivity index (χ2v) is 9.72. The van der Waals surface area contributed by atoms with Crippen molar-refractivity contribution >= 4 is 17.3 Å². The number of hydrogen-bond donors (Lipinski definition) is 1. The molecular weight excluding hydrogens is 390 g/mol. The SMILES string of the molecule is C/C=C\C(=C/C(C)(C)Cl)COc1cc(C)c(NCCC(C)(C)C)c(C)c1.CC.CC. The summed E-state index contributed by atoms with van der Waals surface area (Å²) in [6.45, 7) is 26.5. The first kappa shape index (κ1) is 30.8. The fraction of sp³-hybridized carbons (Fsp3) is 0.630. The molecule has 0 unspecified atom stereocenters. The minimum Gasteiger partial charge on any atom is -0.489 e. The van der Waals surface area contributed by atoms with E-state index in [2.05, 4.69) is 52.1 Å². The highest BCUT2D eigenvalue weighted by Gasteiger charge is 2.12. The van der Waals surface area contributed by atoms with E-state index in [4.69, 9.17) is 16.3 Å². The molecule has 0 aromatic heterocycles. The van der Waals surface area contributed by atoms with Crippen molar-refractivity contribution in [3.63, 3.8) is 0 Å². The van der Waals surface area contributed by atoms with Gasteiger partial charge in [0.2, 0.25) is 0 Å². The molecule has 1 N–H and O–H groups in total. The van der Waals surface area contributed by atoms with Crippen molar-refractivity contribution < 1.29 is 4.74 Å². The zero-order valence-corrected chi connectivity index (χ0v) is 22.6. The Labute approximate surface area is 193 Å². The molecular formula is C27H48ClNO. The van der Waals surface area contributed by atoms with Crippen LogP contribution < -0.4 is 10.1 Å². The van der Waals surface area contributed by atoms with Gasteiger partial charge in [-0.2, -0.15) is 0 Å². The van der Waals surface area contributed by atoms with Crippen LogP contribution in [0.2, 0.25) is 0 Å². The Morgan fingerprint density at radius 1 is 1.00 bits per heavy atom. The van der Waals surface area contributed by atoms with Crippen LogP contribution >= 0.6 is 11.6 Å². The van der Waals surface area contributed by atoms with E-state index in [1.807, 2.05) is 66.7 Å². The average molecular weight is 438 g/mol. The van der Waals surface area contributed by atoms with Crippen LogP contribution in [-0.4, -0.2) is 18.0 Å². The van der Waals surface area contributed by atoms with E-state index < -0.39 is 0 Å². The van der Waals surface area contributed by atoms with E-state index in [1.165, 1.54) is 16.8 Å². The van der Waals surface area contributed by atoms with Gasteiger partial charge in [0.05, 0.1) is 4.87 Å². The van der Waals surface area contributed by atoms with E-state index in [-0.39, 0.29) is 4.87 Å². The van der Waals surface area contributed by atoms with Crippen molar-refractivity contribution in [1.29, 1.82) is 0 Å². The minimum atomic E-state index is -0.384. The molecule has 0 aliphatic heterocycles. The Balaban J connectivity index is 0. The normalized spacial score (nSPS) is 12.0. The number of hydrogen-bond acceptors (Lipinski definition) is 2. The maximum Gasteiger partial charge on any atom is 0.120 e. The third-order valence-corrected chi connectivity index (χ3v) is 4.11. The number of ether oxygens (including phenoxy) is 1. The van der Waals surface area contributed by atoms with Crippen molar-refractivity contribution in [2.75, 3.05) is 18.5 Å². The van der Waals surface area contributed by atoms with Gasteiger partial charge in [0.1, 0.15) is 12.4 Å². The van der Waals surface area contributed by atoms with Gasteiger partial charge in [-0.3, -0.25) is 0 Å². The number of aryl methyl sites for hydroxylation is 2. The number of benzene rings is 1. The Hall–Kier alpha value is -1.41. The average Bonchev–Trinajstić information content (AvgIpc) is 2.63. The number of anilines is 1.